The zero-order valence-electron chi connectivity index (χ0n) is 11.0. The van der Waals surface area contributed by atoms with E-state index in [2.05, 4.69) is 23.6 Å². The second-order valence-electron chi connectivity index (χ2n) is 5.15. The van der Waals surface area contributed by atoms with Crippen molar-refractivity contribution in [2.75, 3.05) is 26.2 Å². The van der Waals surface area contributed by atoms with E-state index in [4.69, 9.17) is 0 Å². The highest BCUT2D eigenvalue weighted by atomic mass is 19.2. The van der Waals surface area contributed by atoms with Crippen LogP contribution in [-0.2, 0) is 6.54 Å². The monoisotopic (exact) mass is 254 g/mol. The van der Waals surface area contributed by atoms with E-state index in [1.165, 1.54) is 12.1 Å². The number of nitrogens with zero attached hydrogens (tertiary/aromatic N) is 2. The van der Waals surface area contributed by atoms with Gasteiger partial charge >= 0.3 is 0 Å². The number of hydrogen-bond donors (Lipinski definition) is 0. The summed E-state index contributed by atoms with van der Waals surface area (Å²) in [5.74, 6) is -1.53. The first-order valence-electron chi connectivity index (χ1n) is 6.46. The van der Waals surface area contributed by atoms with E-state index in [1.54, 1.807) is 6.07 Å². The summed E-state index contributed by atoms with van der Waals surface area (Å²) in [6.07, 6.45) is 0. The maximum absolute atomic E-state index is 13.1. The molecular formula is C14H20F2N2. The number of hydrogen-bond acceptors (Lipinski definition) is 2. The molecule has 1 aromatic carbocycles. The first-order chi connectivity index (χ1) is 8.56. The third kappa shape index (κ3) is 3.27. The Morgan fingerprint density at radius 1 is 1.06 bits per heavy atom. The van der Waals surface area contributed by atoms with Crippen LogP contribution in [0.15, 0.2) is 18.2 Å². The fourth-order valence-corrected chi connectivity index (χ4v) is 2.33. The largest absolute Gasteiger partial charge is 0.298 e. The van der Waals surface area contributed by atoms with Crippen molar-refractivity contribution in [1.29, 1.82) is 0 Å². The van der Waals surface area contributed by atoms with Gasteiger partial charge in [0.1, 0.15) is 0 Å². The molecule has 0 radical (unpaired) electrons. The molecule has 18 heavy (non-hydrogen) atoms. The Morgan fingerprint density at radius 3 is 2.28 bits per heavy atom. The lowest BCUT2D eigenvalue weighted by molar-refractivity contribution is 0.104. The molecule has 1 fully saturated rings. The Morgan fingerprint density at radius 2 is 1.72 bits per heavy atom. The molecule has 0 atom stereocenters. The van der Waals surface area contributed by atoms with Crippen molar-refractivity contribution in [3.63, 3.8) is 0 Å². The predicted molar refractivity (Wildman–Crippen MR) is 68.3 cm³/mol. The van der Waals surface area contributed by atoms with E-state index < -0.39 is 11.6 Å². The Labute approximate surface area is 107 Å². The van der Waals surface area contributed by atoms with Crippen molar-refractivity contribution < 1.29 is 8.78 Å². The topological polar surface area (TPSA) is 6.48 Å². The number of halogens is 2. The van der Waals surface area contributed by atoms with Gasteiger partial charge in [0.25, 0.3) is 0 Å². The molecule has 0 aromatic heterocycles. The lowest BCUT2D eigenvalue weighted by atomic mass is 10.1. The molecule has 0 saturated carbocycles. The highest BCUT2D eigenvalue weighted by Crippen LogP contribution is 2.13. The Kier molecular flexibility index (Phi) is 4.30. The summed E-state index contributed by atoms with van der Waals surface area (Å²) in [5, 5.41) is 0. The van der Waals surface area contributed by atoms with E-state index in [-0.39, 0.29) is 0 Å². The van der Waals surface area contributed by atoms with Crippen LogP contribution in [0.4, 0.5) is 8.78 Å². The first kappa shape index (κ1) is 13.4. The molecule has 0 aliphatic carbocycles. The van der Waals surface area contributed by atoms with Gasteiger partial charge in [0, 0.05) is 38.8 Å². The minimum absolute atomic E-state index is 0.579. The Hall–Kier alpha value is -1.00. The molecule has 1 aliphatic heterocycles. The molecule has 1 aromatic rings. The maximum atomic E-state index is 13.1. The van der Waals surface area contributed by atoms with Crippen molar-refractivity contribution in [3.8, 4) is 0 Å². The standard InChI is InChI=1S/C14H20F2N2/c1-11(2)18-7-5-17(6-8-18)10-12-3-4-13(15)14(16)9-12/h3-4,9,11H,5-8,10H2,1-2H3. The highest BCUT2D eigenvalue weighted by Gasteiger charge is 2.18. The summed E-state index contributed by atoms with van der Waals surface area (Å²) in [4.78, 5) is 4.72. The molecule has 0 amide bonds. The minimum Gasteiger partial charge on any atom is -0.298 e. The van der Waals surface area contributed by atoms with Crippen molar-refractivity contribution in [2.24, 2.45) is 0 Å². The average molecular weight is 254 g/mol. The van der Waals surface area contributed by atoms with Gasteiger partial charge in [-0.25, -0.2) is 8.78 Å². The van der Waals surface area contributed by atoms with Gasteiger partial charge in [-0.3, -0.25) is 9.80 Å². The lowest BCUT2D eigenvalue weighted by Crippen LogP contribution is -2.48. The first-order valence-corrected chi connectivity index (χ1v) is 6.46. The second-order valence-corrected chi connectivity index (χ2v) is 5.15. The van der Waals surface area contributed by atoms with Crippen LogP contribution in [0.25, 0.3) is 0 Å². The fourth-order valence-electron chi connectivity index (χ4n) is 2.33. The molecule has 2 nitrogen and oxygen atoms in total. The quantitative estimate of drug-likeness (QED) is 0.817. The number of benzene rings is 1. The van der Waals surface area contributed by atoms with E-state index in [1.807, 2.05) is 0 Å². The van der Waals surface area contributed by atoms with Crippen LogP contribution in [0.5, 0.6) is 0 Å². The van der Waals surface area contributed by atoms with Crippen LogP contribution < -0.4 is 0 Å². The van der Waals surface area contributed by atoms with Crippen LogP contribution in [-0.4, -0.2) is 42.0 Å². The molecule has 1 saturated heterocycles. The van der Waals surface area contributed by atoms with Crippen LogP contribution >= 0.6 is 0 Å². The van der Waals surface area contributed by atoms with Crippen LogP contribution in [0.3, 0.4) is 0 Å². The maximum Gasteiger partial charge on any atom is 0.159 e. The zero-order valence-corrected chi connectivity index (χ0v) is 11.0. The van der Waals surface area contributed by atoms with Gasteiger partial charge in [0.05, 0.1) is 0 Å². The third-order valence-electron chi connectivity index (χ3n) is 3.53. The highest BCUT2D eigenvalue weighted by molar-refractivity contribution is 5.17. The summed E-state index contributed by atoms with van der Waals surface area (Å²) >= 11 is 0. The zero-order chi connectivity index (χ0) is 13.1. The van der Waals surface area contributed by atoms with E-state index in [9.17, 15) is 8.78 Å². The lowest BCUT2D eigenvalue weighted by Gasteiger charge is -2.36. The molecule has 0 N–H and O–H groups in total. The summed E-state index contributed by atoms with van der Waals surface area (Å²) in [7, 11) is 0. The molecular weight excluding hydrogens is 234 g/mol. The van der Waals surface area contributed by atoms with Crippen LogP contribution in [0, 0.1) is 11.6 Å². The number of piperazine rings is 1. The molecule has 0 bridgehead atoms. The van der Waals surface area contributed by atoms with Crippen molar-refractivity contribution in [2.45, 2.75) is 26.4 Å². The molecule has 1 heterocycles. The molecule has 2 rings (SSSR count). The predicted octanol–water partition coefficient (Wildman–Crippen LogP) is 2.49. The normalized spacial score (nSPS) is 18.5. The fraction of sp³-hybridized carbons (Fsp3) is 0.571. The van der Waals surface area contributed by atoms with Gasteiger partial charge in [-0.05, 0) is 31.5 Å². The summed E-state index contributed by atoms with van der Waals surface area (Å²) < 4.78 is 25.9. The second kappa shape index (κ2) is 5.76. The van der Waals surface area contributed by atoms with Crippen LogP contribution in [0.1, 0.15) is 19.4 Å². The molecule has 4 heteroatoms. The van der Waals surface area contributed by atoms with E-state index >= 15 is 0 Å². The van der Waals surface area contributed by atoms with Crippen molar-refractivity contribution in [1.82, 2.24) is 9.80 Å². The van der Waals surface area contributed by atoms with E-state index in [0.29, 0.717) is 12.6 Å². The smallest absolute Gasteiger partial charge is 0.159 e. The molecule has 0 spiro atoms. The van der Waals surface area contributed by atoms with Crippen LogP contribution in [0.2, 0.25) is 0 Å². The van der Waals surface area contributed by atoms with Crippen molar-refractivity contribution in [3.05, 3.63) is 35.4 Å². The van der Waals surface area contributed by atoms with Gasteiger partial charge in [0.15, 0.2) is 11.6 Å². The van der Waals surface area contributed by atoms with Gasteiger partial charge < -0.3 is 0 Å². The van der Waals surface area contributed by atoms with Gasteiger partial charge in [-0.2, -0.15) is 0 Å². The molecule has 100 valence electrons. The summed E-state index contributed by atoms with van der Waals surface area (Å²) in [6, 6.07) is 4.74. The van der Waals surface area contributed by atoms with Gasteiger partial charge in [-0.15, -0.1) is 0 Å². The summed E-state index contributed by atoms with van der Waals surface area (Å²) in [6.45, 7) is 9.15. The molecule has 0 unspecified atom stereocenters. The van der Waals surface area contributed by atoms with Gasteiger partial charge in [0.2, 0.25) is 0 Å². The average Bonchev–Trinajstić information content (AvgIpc) is 2.34. The Bertz CT molecular complexity index is 399. The van der Waals surface area contributed by atoms with Crippen molar-refractivity contribution >= 4 is 0 Å². The number of rotatable bonds is 3. The Balaban J connectivity index is 1.89. The van der Waals surface area contributed by atoms with Gasteiger partial charge in [-0.1, -0.05) is 6.07 Å². The minimum atomic E-state index is -0.775. The molecule has 1 aliphatic rings. The van der Waals surface area contributed by atoms with E-state index in [0.717, 1.165) is 31.7 Å². The summed E-state index contributed by atoms with van der Waals surface area (Å²) in [5.41, 5.74) is 0.840. The third-order valence-corrected chi connectivity index (χ3v) is 3.53. The SMILES string of the molecule is CC(C)N1CCN(Cc2ccc(F)c(F)c2)CC1.